The molecule has 0 spiro atoms. The van der Waals surface area contributed by atoms with Gasteiger partial charge in [-0.25, -0.2) is 8.42 Å². The fourth-order valence-electron chi connectivity index (χ4n) is 2.50. The number of nitro benzene ring substituents is 1. The molecule has 1 atom stereocenters. The van der Waals surface area contributed by atoms with Crippen molar-refractivity contribution in [3.05, 3.63) is 28.3 Å². The van der Waals surface area contributed by atoms with E-state index in [1.54, 1.807) is 0 Å². The SMILES string of the molecule is O=C1C(Nc2ccc(S(=O)(=O)C(F)F)cc2[N+](=O)[O-])CCN1CC(F)(F)F. The number of hydrogen-bond donors (Lipinski definition) is 1. The molecule has 27 heavy (non-hydrogen) atoms. The molecule has 1 fully saturated rings. The summed E-state index contributed by atoms with van der Waals surface area (Å²) in [6.07, 6.45) is -4.69. The standard InChI is InChI=1S/C13H12F5N3O5S/c14-12(15)27(25,26)7-1-2-8(10(5-7)21(23)24)19-9-3-4-20(11(9)22)6-13(16,17)18/h1-2,5,9,12,19H,3-4,6H2. The van der Waals surface area contributed by atoms with E-state index in [0.717, 1.165) is 6.07 Å². The Labute approximate surface area is 149 Å². The third-order valence-corrected chi connectivity index (χ3v) is 5.11. The number of rotatable bonds is 6. The van der Waals surface area contributed by atoms with Gasteiger partial charge in [0.15, 0.2) is 0 Å². The number of sulfone groups is 1. The van der Waals surface area contributed by atoms with Crippen LogP contribution in [0.3, 0.4) is 0 Å². The number of nitrogens with zero attached hydrogens (tertiary/aromatic N) is 2. The summed E-state index contributed by atoms with van der Waals surface area (Å²) in [6, 6.07) is 0.691. The van der Waals surface area contributed by atoms with Crippen LogP contribution in [0.1, 0.15) is 6.42 Å². The Morgan fingerprint density at radius 2 is 1.96 bits per heavy atom. The van der Waals surface area contributed by atoms with E-state index < -0.39 is 55.8 Å². The maximum Gasteiger partial charge on any atom is 0.406 e. The van der Waals surface area contributed by atoms with E-state index >= 15 is 0 Å². The summed E-state index contributed by atoms with van der Waals surface area (Å²) in [6.45, 7) is -1.71. The van der Waals surface area contributed by atoms with Crippen LogP contribution in [-0.2, 0) is 14.6 Å². The highest BCUT2D eigenvalue weighted by molar-refractivity contribution is 7.91. The van der Waals surface area contributed by atoms with Crippen LogP contribution in [0.15, 0.2) is 23.1 Å². The summed E-state index contributed by atoms with van der Waals surface area (Å²) in [5, 5.41) is 13.5. The maximum absolute atomic E-state index is 12.6. The molecule has 1 aromatic carbocycles. The number of amides is 1. The number of carbonyl (C=O) groups excluding carboxylic acids is 1. The lowest BCUT2D eigenvalue weighted by Crippen LogP contribution is -2.39. The van der Waals surface area contributed by atoms with Gasteiger partial charge in [-0.05, 0) is 18.6 Å². The van der Waals surface area contributed by atoms with E-state index in [9.17, 15) is 45.3 Å². The second-order valence-corrected chi connectivity index (χ2v) is 7.52. The van der Waals surface area contributed by atoms with Gasteiger partial charge in [0, 0.05) is 12.6 Å². The fourth-order valence-corrected chi connectivity index (χ4v) is 3.24. The van der Waals surface area contributed by atoms with Gasteiger partial charge in [0.1, 0.15) is 18.3 Å². The van der Waals surface area contributed by atoms with Crippen molar-refractivity contribution in [3.8, 4) is 0 Å². The number of likely N-dealkylation sites (tertiary alicyclic amines) is 1. The minimum atomic E-state index is -5.08. The molecule has 8 nitrogen and oxygen atoms in total. The first-order valence-corrected chi connectivity index (χ1v) is 8.80. The van der Waals surface area contributed by atoms with Crippen molar-refractivity contribution in [1.82, 2.24) is 4.90 Å². The topological polar surface area (TPSA) is 110 Å². The Balaban J connectivity index is 2.27. The largest absolute Gasteiger partial charge is 0.406 e. The van der Waals surface area contributed by atoms with Crippen LogP contribution in [-0.4, -0.2) is 55.2 Å². The molecule has 0 aliphatic carbocycles. The predicted octanol–water partition coefficient (Wildman–Crippen LogP) is 2.17. The number of benzene rings is 1. The van der Waals surface area contributed by atoms with Crippen molar-refractivity contribution >= 4 is 27.1 Å². The molecule has 1 aliphatic rings. The second kappa shape index (κ2) is 7.25. The van der Waals surface area contributed by atoms with E-state index in [4.69, 9.17) is 0 Å². The van der Waals surface area contributed by atoms with Gasteiger partial charge in [-0.2, -0.15) is 22.0 Å². The molecule has 1 saturated heterocycles. The Morgan fingerprint density at radius 3 is 2.48 bits per heavy atom. The van der Waals surface area contributed by atoms with Crippen LogP contribution in [0.5, 0.6) is 0 Å². The highest BCUT2D eigenvalue weighted by Gasteiger charge is 2.40. The van der Waals surface area contributed by atoms with Crippen molar-refractivity contribution < 1.29 is 40.1 Å². The first kappa shape index (κ1) is 20.8. The third kappa shape index (κ3) is 4.61. The van der Waals surface area contributed by atoms with E-state index in [1.165, 1.54) is 0 Å². The van der Waals surface area contributed by atoms with Crippen molar-refractivity contribution in [2.75, 3.05) is 18.4 Å². The number of nitrogens with one attached hydrogen (secondary N) is 1. The fraction of sp³-hybridized carbons (Fsp3) is 0.462. The van der Waals surface area contributed by atoms with Gasteiger partial charge < -0.3 is 10.2 Å². The van der Waals surface area contributed by atoms with Crippen LogP contribution >= 0.6 is 0 Å². The van der Waals surface area contributed by atoms with E-state index in [1.807, 2.05) is 0 Å². The van der Waals surface area contributed by atoms with Gasteiger partial charge in [-0.15, -0.1) is 0 Å². The summed E-state index contributed by atoms with van der Waals surface area (Å²) < 4.78 is 85.2. The van der Waals surface area contributed by atoms with Gasteiger partial charge in [0.2, 0.25) is 15.7 Å². The summed E-state index contributed by atoms with van der Waals surface area (Å²) in [4.78, 5) is 21.6. The molecule has 0 bridgehead atoms. The zero-order chi connectivity index (χ0) is 20.6. The molecule has 1 N–H and O–H groups in total. The average molecular weight is 417 g/mol. The minimum absolute atomic E-state index is 0.0802. The van der Waals surface area contributed by atoms with Crippen LogP contribution in [0.4, 0.5) is 33.3 Å². The van der Waals surface area contributed by atoms with Crippen molar-refractivity contribution in [1.29, 1.82) is 0 Å². The van der Waals surface area contributed by atoms with Crippen LogP contribution in [0.2, 0.25) is 0 Å². The summed E-state index contributed by atoms with van der Waals surface area (Å²) in [7, 11) is -5.08. The first-order chi connectivity index (χ1) is 12.3. The van der Waals surface area contributed by atoms with Gasteiger partial charge in [-0.1, -0.05) is 0 Å². The maximum atomic E-state index is 12.6. The molecular formula is C13H12F5N3O5S. The molecule has 1 aromatic rings. The summed E-state index contributed by atoms with van der Waals surface area (Å²) in [5.41, 5.74) is -1.28. The normalized spacial score (nSPS) is 18.2. The molecule has 1 heterocycles. The molecule has 14 heteroatoms. The zero-order valence-electron chi connectivity index (χ0n) is 13.2. The first-order valence-electron chi connectivity index (χ1n) is 7.25. The summed E-state index contributed by atoms with van der Waals surface area (Å²) >= 11 is 0. The number of nitro groups is 1. The molecule has 0 radical (unpaired) electrons. The second-order valence-electron chi connectivity index (χ2n) is 5.60. The number of halogens is 5. The Kier molecular flexibility index (Phi) is 5.58. The van der Waals surface area contributed by atoms with Gasteiger partial charge in [0.25, 0.3) is 5.69 Å². The van der Waals surface area contributed by atoms with E-state index in [0.29, 0.717) is 17.0 Å². The lowest BCUT2D eigenvalue weighted by Gasteiger charge is -2.19. The van der Waals surface area contributed by atoms with E-state index in [-0.39, 0.29) is 18.7 Å². The number of hydrogen-bond acceptors (Lipinski definition) is 6. The molecule has 1 unspecified atom stereocenters. The minimum Gasteiger partial charge on any atom is -0.368 e. The van der Waals surface area contributed by atoms with Crippen LogP contribution in [0, 0.1) is 10.1 Å². The molecule has 1 aliphatic heterocycles. The van der Waals surface area contributed by atoms with Gasteiger partial charge in [0.05, 0.1) is 9.82 Å². The molecule has 0 aromatic heterocycles. The zero-order valence-corrected chi connectivity index (χ0v) is 14.1. The Hall–Kier alpha value is -2.51. The monoisotopic (exact) mass is 417 g/mol. The number of carbonyl (C=O) groups is 1. The van der Waals surface area contributed by atoms with Crippen molar-refractivity contribution in [3.63, 3.8) is 0 Å². The van der Waals surface area contributed by atoms with Crippen molar-refractivity contribution in [2.24, 2.45) is 0 Å². The lowest BCUT2D eigenvalue weighted by atomic mass is 10.2. The van der Waals surface area contributed by atoms with Gasteiger partial charge in [-0.3, -0.25) is 14.9 Å². The number of anilines is 1. The van der Waals surface area contributed by atoms with Gasteiger partial charge >= 0.3 is 11.9 Å². The van der Waals surface area contributed by atoms with Crippen molar-refractivity contribution in [2.45, 2.75) is 29.3 Å². The average Bonchev–Trinajstić information content (AvgIpc) is 2.86. The van der Waals surface area contributed by atoms with Crippen LogP contribution < -0.4 is 5.32 Å². The molecule has 0 saturated carbocycles. The molecule has 2 rings (SSSR count). The highest BCUT2D eigenvalue weighted by Crippen LogP contribution is 2.31. The third-order valence-electron chi connectivity index (χ3n) is 3.73. The number of alkyl halides is 5. The molecule has 150 valence electrons. The molecular weight excluding hydrogens is 405 g/mol. The molecule has 1 amide bonds. The van der Waals surface area contributed by atoms with E-state index in [2.05, 4.69) is 5.32 Å². The quantitative estimate of drug-likeness (QED) is 0.432. The Morgan fingerprint density at radius 1 is 1.33 bits per heavy atom. The smallest absolute Gasteiger partial charge is 0.368 e. The lowest BCUT2D eigenvalue weighted by molar-refractivity contribution is -0.384. The summed E-state index contributed by atoms with van der Waals surface area (Å²) in [5.74, 6) is -4.73. The Bertz CT molecular complexity index is 858. The predicted molar refractivity (Wildman–Crippen MR) is 80.9 cm³/mol. The van der Waals surface area contributed by atoms with Crippen LogP contribution in [0.25, 0.3) is 0 Å². The highest BCUT2D eigenvalue weighted by atomic mass is 32.2.